The van der Waals surface area contributed by atoms with E-state index in [0.29, 0.717) is 0 Å². The molecule has 0 bridgehead atoms. The highest BCUT2D eigenvalue weighted by molar-refractivity contribution is 5.87. The lowest BCUT2D eigenvalue weighted by atomic mass is 10.0. The van der Waals surface area contributed by atoms with Crippen LogP contribution in [0.15, 0.2) is 35.4 Å². The Bertz CT molecular complexity index is 400. The van der Waals surface area contributed by atoms with Crippen molar-refractivity contribution in [3.05, 3.63) is 35.9 Å². The number of amides is 2. The van der Waals surface area contributed by atoms with Crippen LogP contribution in [0.2, 0.25) is 0 Å². The molecule has 1 heterocycles. The molecule has 0 spiro atoms. The molecular weight excluding hydrogens is 190 g/mol. The number of hydrazone groups is 1. The third kappa shape index (κ3) is 1.83. The molecule has 1 aliphatic heterocycles. The van der Waals surface area contributed by atoms with Crippen LogP contribution in [0.4, 0.5) is 4.79 Å². The normalized spacial score (nSPS) is 20.2. The third-order valence-corrected chi connectivity index (χ3v) is 2.47. The summed E-state index contributed by atoms with van der Waals surface area (Å²) in [6.07, 6.45) is 0.757. The van der Waals surface area contributed by atoms with Crippen molar-refractivity contribution in [1.29, 1.82) is 0 Å². The van der Waals surface area contributed by atoms with Gasteiger partial charge in [-0.2, -0.15) is 5.10 Å². The van der Waals surface area contributed by atoms with Crippen LogP contribution in [-0.2, 0) is 0 Å². The predicted octanol–water partition coefficient (Wildman–Crippen LogP) is 1.89. The maximum absolute atomic E-state index is 11.2. The van der Waals surface area contributed by atoms with Crippen LogP contribution in [0, 0.1) is 0 Å². The molecule has 0 radical (unpaired) electrons. The lowest BCUT2D eigenvalue weighted by molar-refractivity contribution is 0.196. The van der Waals surface area contributed by atoms with Gasteiger partial charge in [0, 0.05) is 12.1 Å². The molecule has 78 valence electrons. The average molecular weight is 203 g/mol. The van der Waals surface area contributed by atoms with Crippen LogP contribution in [0.25, 0.3) is 0 Å². The van der Waals surface area contributed by atoms with E-state index in [-0.39, 0.29) is 6.04 Å². The van der Waals surface area contributed by atoms with Crippen LogP contribution in [0.1, 0.15) is 24.9 Å². The molecule has 4 nitrogen and oxygen atoms in total. The van der Waals surface area contributed by atoms with E-state index >= 15 is 0 Å². The minimum Gasteiger partial charge on any atom is -0.350 e. The zero-order valence-corrected chi connectivity index (χ0v) is 8.55. The molecule has 0 aromatic heterocycles. The van der Waals surface area contributed by atoms with Crippen molar-refractivity contribution in [3.63, 3.8) is 0 Å². The summed E-state index contributed by atoms with van der Waals surface area (Å²) in [5.74, 6) is 0. The molecule has 15 heavy (non-hydrogen) atoms. The molecule has 0 saturated heterocycles. The molecule has 1 aromatic rings. The standard InChI is InChI=1S/C11H13N3O/c1-8-7-10(14(13-8)11(12)15)9-5-3-2-4-6-9/h2-6,10H,7H2,1H3,(H2,12,15). The van der Waals surface area contributed by atoms with Gasteiger partial charge < -0.3 is 5.73 Å². The van der Waals surface area contributed by atoms with Gasteiger partial charge in [-0.05, 0) is 12.5 Å². The van der Waals surface area contributed by atoms with Crippen molar-refractivity contribution >= 4 is 11.7 Å². The zero-order valence-electron chi connectivity index (χ0n) is 8.55. The molecule has 0 aliphatic carbocycles. The summed E-state index contributed by atoms with van der Waals surface area (Å²) in [6, 6.07) is 9.26. The van der Waals surface area contributed by atoms with Gasteiger partial charge in [0.15, 0.2) is 0 Å². The number of nitrogens with zero attached hydrogens (tertiary/aromatic N) is 2. The molecule has 0 saturated carbocycles. The van der Waals surface area contributed by atoms with Gasteiger partial charge in [-0.3, -0.25) is 0 Å². The van der Waals surface area contributed by atoms with Crippen molar-refractivity contribution in [2.75, 3.05) is 0 Å². The number of hydrogen-bond acceptors (Lipinski definition) is 2. The SMILES string of the molecule is CC1=NN(C(N)=O)C(c2ccccc2)C1. The van der Waals surface area contributed by atoms with E-state index in [1.807, 2.05) is 37.3 Å². The average Bonchev–Trinajstić information content (AvgIpc) is 2.62. The van der Waals surface area contributed by atoms with Crippen LogP contribution >= 0.6 is 0 Å². The fourth-order valence-corrected chi connectivity index (χ4v) is 1.80. The summed E-state index contributed by atoms with van der Waals surface area (Å²) in [6.45, 7) is 1.90. The molecular formula is C11H13N3O. The molecule has 2 amide bonds. The van der Waals surface area contributed by atoms with Crippen molar-refractivity contribution in [1.82, 2.24) is 5.01 Å². The first kappa shape index (κ1) is 9.71. The number of carbonyl (C=O) groups is 1. The Balaban J connectivity index is 2.28. The lowest BCUT2D eigenvalue weighted by Crippen LogP contribution is -2.31. The van der Waals surface area contributed by atoms with E-state index in [1.165, 1.54) is 5.01 Å². The third-order valence-electron chi connectivity index (χ3n) is 2.47. The second-order valence-corrected chi connectivity index (χ2v) is 3.65. The quantitative estimate of drug-likeness (QED) is 0.744. The molecule has 0 fully saturated rings. The first-order chi connectivity index (χ1) is 7.18. The first-order valence-electron chi connectivity index (χ1n) is 4.86. The number of benzene rings is 1. The van der Waals surface area contributed by atoms with Gasteiger partial charge in [0.25, 0.3) is 0 Å². The Morgan fingerprint density at radius 3 is 2.73 bits per heavy atom. The minimum atomic E-state index is -0.499. The molecule has 1 atom stereocenters. The van der Waals surface area contributed by atoms with Gasteiger partial charge in [-0.25, -0.2) is 9.80 Å². The summed E-state index contributed by atoms with van der Waals surface area (Å²) < 4.78 is 0. The Morgan fingerprint density at radius 1 is 1.47 bits per heavy atom. The summed E-state index contributed by atoms with van der Waals surface area (Å²) in [5.41, 5.74) is 7.27. The Hall–Kier alpha value is -1.84. The molecule has 2 rings (SSSR count). The zero-order chi connectivity index (χ0) is 10.8. The fourth-order valence-electron chi connectivity index (χ4n) is 1.80. The van der Waals surface area contributed by atoms with E-state index in [0.717, 1.165) is 17.7 Å². The van der Waals surface area contributed by atoms with Crippen molar-refractivity contribution in [2.24, 2.45) is 10.8 Å². The molecule has 2 N–H and O–H groups in total. The van der Waals surface area contributed by atoms with E-state index in [1.54, 1.807) is 0 Å². The van der Waals surface area contributed by atoms with Gasteiger partial charge in [-0.15, -0.1) is 0 Å². The number of rotatable bonds is 1. The van der Waals surface area contributed by atoms with Crippen molar-refractivity contribution < 1.29 is 4.79 Å². The molecule has 1 unspecified atom stereocenters. The van der Waals surface area contributed by atoms with E-state index in [9.17, 15) is 4.79 Å². The van der Waals surface area contributed by atoms with Crippen LogP contribution in [-0.4, -0.2) is 16.8 Å². The predicted molar refractivity (Wildman–Crippen MR) is 58.3 cm³/mol. The maximum atomic E-state index is 11.2. The second kappa shape index (κ2) is 3.73. The van der Waals surface area contributed by atoms with E-state index in [4.69, 9.17) is 5.73 Å². The van der Waals surface area contributed by atoms with E-state index < -0.39 is 6.03 Å². The molecule has 4 heteroatoms. The van der Waals surface area contributed by atoms with Crippen molar-refractivity contribution in [3.8, 4) is 0 Å². The second-order valence-electron chi connectivity index (χ2n) is 3.65. The highest BCUT2D eigenvalue weighted by Crippen LogP contribution is 2.29. The topological polar surface area (TPSA) is 58.7 Å². The highest BCUT2D eigenvalue weighted by Gasteiger charge is 2.29. The van der Waals surface area contributed by atoms with E-state index in [2.05, 4.69) is 5.10 Å². The van der Waals surface area contributed by atoms with Crippen LogP contribution in [0.5, 0.6) is 0 Å². The monoisotopic (exact) mass is 203 g/mol. The van der Waals surface area contributed by atoms with Gasteiger partial charge in [0.1, 0.15) is 0 Å². The Labute approximate surface area is 88.4 Å². The summed E-state index contributed by atoms with van der Waals surface area (Å²) in [5, 5.41) is 5.47. The van der Waals surface area contributed by atoms with Crippen molar-refractivity contribution in [2.45, 2.75) is 19.4 Å². The minimum absolute atomic E-state index is 0.0382. The van der Waals surface area contributed by atoms with Gasteiger partial charge >= 0.3 is 6.03 Å². The number of hydrogen-bond donors (Lipinski definition) is 1. The first-order valence-corrected chi connectivity index (χ1v) is 4.86. The molecule has 1 aliphatic rings. The number of urea groups is 1. The van der Waals surface area contributed by atoms with Gasteiger partial charge in [0.2, 0.25) is 0 Å². The van der Waals surface area contributed by atoms with Crippen LogP contribution in [0.3, 0.4) is 0 Å². The van der Waals surface area contributed by atoms with Gasteiger partial charge in [-0.1, -0.05) is 30.3 Å². The maximum Gasteiger partial charge on any atom is 0.335 e. The summed E-state index contributed by atoms with van der Waals surface area (Å²) in [7, 11) is 0. The Morgan fingerprint density at radius 2 is 2.13 bits per heavy atom. The summed E-state index contributed by atoms with van der Waals surface area (Å²) >= 11 is 0. The number of nitrogens with two attached hydrogens (primary N) is 1. The highest BCUT2D eigenvalue weighted by atomic mass is 16.2. The molecule has 1 aromatic carbocycles. The summed E-state index contributed by atoms with van der Waals surface area (Å²) in [4.78, 5) is 11.2. The largest absolute Gasteiger partial charge is 0.350 e. The number of primary amides is 1. The smallest absolute Gasteiger partial charge is 0.335 e. The van der Waals surface area contributed by atoms with Gasteiger partial charge in [0.05, 0.1) is 6.04 Å². The number of carbonyl (C=O) groups excluding carboxylic acids is 1. The Kier molecular flexibility index (Phi) is 2.41. The fraction of sp³-hybridized carbons (Fsp3) is 0.273. The lowest BCUT2D eigenvalue weighted by Gasteiger charge is -2.19. The van der Waals surface area contributed by atoms with Crippen LogP contribution < -0.4 is 5.73 Å².